The fourth-order valence-corrected chi connectivity index (χ4v) is 5.11. The first-order chi connectivity index (χ1) is 15.1. The molecule has 3 rings (SSSR count). The van der Waals surface area contributed by atoms with Crippen LogP contribution < -0.4 is 25.4 Å². The van der Waals surface area contributed by atoms with E-state index in [0.717, 1.165) is 30.9 Å². The molecule has 0 aromatic heterocycles. The number of ether oxygens (including phenoxy) is 2. The monoisotopic (exact) mass is 472 g/mol. The number of carbonyl (C=O) groups excluding carboxylic acids is 3. The summed E-state index contributed by atoms with van der Waals surface area (Å²) in [6.45, 7) is -0.0405. The summed E-state index contributed by atoms with van der Waals surface area (Å²) in [4.78, 5) is 37.0. The number of methoxy groups -OCH3 is 1. The molecule has 3 amide bonds. The predicted molar refractivity (Wildman–Crippen MR) is 110 cm³/mol. The maximum atomic E-state index is 14.4. The van der Waals surface area contributed by atoms with E-state index in [4.69, 9.17) is 15.2 Å². The number of rotatable bonds is 8. The van der Waals surface area contributed by atoms with Gasteiger partial charge in [-0.2, -0.15) is 4.72 Å². The second kappa shape index (κ2) is 9.79. The standard InChI is InChI=1S/C19H25FN4O7S/c1-30-17-13(24-6-7-31-10-15(24)25)8-11(20)9-14(17)32(28,29)23-16(18(21)26)19(27)22-12-4-2-3-5-12/h8-9,12,16,23H,2-7,10H2,1H3,(H2,21,26)(H,22,27)/t16-/m0/s1. The molecular weight excluding hydrogens is 447 g/mol. The molecule has 0 radical (unpaired) electrons. The molecule has 4 N–H and O–H groups in total. The normalized spacial score (nSPS) is 18.4. The third kappa shape index (κ3) is 5.16. The lowest BCUT2D eigenvalue weighted by Gasteiger charge is -2.29. The van der Waals surface area contributed by atoms with Crippen molar-refractivity contribution in [2.24, 2.45) is 5.73 Å². The van der Waals surface area contributed by atoms with Gasteiger partial charge in [0.2, 0.25) is 21.8 Å². The van der Waals surface area contributed by atoms with Gasteiger partial charge in [-0.25, -0.2) is 12.8 Å². The van der Waals surface area contributed by atoms with Crippen molar-refractivity contribution in [2.45, 2.75) is 42.7 Å². The van der Waals surface area contributed by atoms with Crippen LogP contribution in [0.2, 0.25) is 0 Å². The van der Waals surface area contributed by atoms with Gasteiger partial charge < -0.3 is 25.4 Å². The van der Waals surface area contributed by atoms with Gasteiger partial charge in [-0.15, -0.1) is 0 Å². The van der Waals surface area contributed by atoms with Gasteiger partial charge in [0.25, 0.3) is 5.91 Å². The van der Waals surface area contributed by atoms with Crippen LogP contribution in [0.4, 0.5) is 10.1 Å². The highest BCUT2D eigenvalue weighted by molar-refractivity contribution is 7.89. The van der Waals surface area contributed by atoms with Crippen molar-refractivity contribution in [1.29, 1.82) is 0 Å². The summed E-state index contributed by atoms with van der Waals surface area (Å²) in [5, 5.41) is 2.60. The summed E-state index contributed by atoms with van der Waals surface area (Å²) in [6, 6.07) is -0.472. The number of primary amides is 1. The molecule has 2 aliphatic rings. The third-order valence-electron chi connectivity index (χ3n) is 5.29. The van der Waals surface area contributed by atoms with Crippen LogP contribution in [-0.2, 0) is 29.1 Å². The van der Waals surface area contributed by atoms with Crippen molar-refractivity contribution in [3.8, 4) is 5.75 Å². The molecular formula is C19H25FN4O7S. The molecule has 1 aliphatic carbocycles. The van der Waals surface area contributed by atoms with Crippen LogP contribution in [0.15, 0.2) is 17.0 Å². The first-order valence-electron chi connectivity index (χ1n) is 10.0. The Balaban J connectivity index is 1.94. The van der Waals surface area contributed by atoms with Gasteiger partial charge in [-0.1, -0.05) is 12.8 Å². The minimum atomic E-state index is -4.67. The van der Waals surface area contributed by atoms with E-state index in [-0.39, 0.29) is 37.2 Å². The average Bonchev–Trinajstić information content (AvgIpc) is 3.24. The lowest BCUT2D eigenvalue weighted by molar-refractivity contribution is -0.130. The summed E-state index contributed by atoms with van der Waals surface area (Å²) in [6.07, 6.45) is 3.22. The third-order valence-corrected chi connectivity index (χ3v) is 6.72. The SMILES string of the molecule is COc1c(N2CCOCC2=O)cc(F)cc1S(=O)(=O)N[C@@H](C(N)=O)C(=O)NC1CCCC1. The fraction of sp³-hybridized carbons (Fsp3) is 0.526. The number of morpholine rings is 1. The molecule has 32 heavy (non-hydrogen) atoms. The van der Waals surface area contributed by atoms with Crippen LogP contribution in [0, 0.1) is 5.82 Å². The van der Waals surface area contributed by atoms with Crippen molar-refractivity contribution >= 4 is 33.4 Å². The predicted octanol–water partition coefficient (Wildman–Crippen LogP) is -0.611. The van der Waals surface area contributed by atoms with Crippen LogP contribution in [-0.4, -0.2) is 65.1 Å². The van der Waals surface area contributed by atoms with E-state index in [1.165, 1.54) is 0 Å². The maximum absolute atomic E-state index is 14.4. The number of anilines is 1. The first kappa shape index (κ1) is 23.9. The largest absolute Gasteiger partial charge is 0.493 e. The summed E-state index contributed by atoms with van der Waals surface area (Å²) in [5.74, 6) is -3.92. The number of benzene rings is 1. The van der Waals surface area contributed by atoms with Gasteiger partial charge in [0.1, 0.15) is 17.3 Å². The molecule has 2 fully saturated rings. The average molecular weight is 472 g/mol. The van der Waals surface area contributed by atoms with Gasteiger partial charge in [0.15, 0.2) is 11.8 Å². The molecule has 1 aromatic carbocycles. The molecule has 1 aromatic rings. The second-order valence-corrected chi connectivity index (χ2v) is 9.18. The topological polar surface area (TPSA) is 157 Å². The minimum absolute atomic E-state index is 0.0548. The zero-order chi connectivity index (χ0) is 23.5. The van der Waals surface area contributed by atoms with Crippen molar-refractivity contribution < 1.29 is 36.7 Å². The number of nitrogens with two attached hydrogens (primary N) is 1. The first-order valence-corrected chi connectivity index (χ1v) is 11.5. The number of carbonyl (C=O) groups is 3. The Bertz CT molecular complexity index is 1010. The van der Waals surface area contributed by atoms with Gasteiger partial charge in [-0.05, 0) is 18.9 Å². The van der Waals surface area contributed by atoms with Gasteiger partial charge in [0.05, 0.1) is 19.4 Å². The molecule has 1 atom stereocenters. The van der Waals surface area contributed by atoms with Crippen LogP contribution >= 0.6 is 0 Å². The molecule has 1 saturated carbocycles. The summed E-state index contributed by atoms with van der Waals surface area (Å²) in [7, 11) is -3.52. The number of hydrogen-bond donors (Lipinski definition) is 3. The molecule has 1 saturated heterocycles. The molecule has 13 heteroatoms. The smallest absolute Gasteiger partial charge is 0.253 e. The quantitative estimate of drug-likeness (QED) is 0.426. The molecule has 0 spiro atoms. The lowest BCUT2D eigenvalue weighted by Crippen LogP contribution is -2.55. The number of halogens is 1. The highest BCUT2D eigenvalue weighted by atomic mass is 32.2. The van der Waals surface area contributed by atoms with Gasteiger partial charge in [-0.3, -0.25) is 14.4 Å². The summed E-state index contributed by atoms with van der Waals surface area (Å²) >= 11 is 0. The molecule has 1 heterocycles. The molecule has 0 unspecified atom stereocenters. The summed E-state index contributed by atoms with van der Waals surface area (Å²) < 4.78 is 52.7. The van der Waals surface area contributed by atoms with Crippen molar-refractivity contribution in [1.82, 2.24) is 10.0 Å². The van der Waals surface area contributed by atoms with Crippen LogP contribution in [0.5, 0.6) is 5.75 Å². The fourth-order valence-electron chi connectivity index (χ4n) is 3.75. The van der Waals surface area contributed by atoms with E-state index in [2.05, 4.69) is 5.32 Å². The van der Waals surface area contributed by atoms with Gasteiger partial charge >= 0.3 is 0 Å². The molecule has 1 aliphatic heterocycles. The van der Waals surface area contributed by atoms with E-state index in [9.17, 15) is 27.2 Å². The van der Waals surface area contributed by atoms with Crippen LogP contribution in [0.1, 0.15) is 25.7 Å². The van der Waals surface area contributed by atoms with Gasteiger partial charge in [0, 0.05) is 18.7 Å². The minimum Gasteiger partial charge on any atom is -0.493 e. The number of nitrogens with zero attached hydrogens (tertiary/aromatic N) is 1. The van der Waals surface area contributed by atoms with Crippen molar-refractivity contribution in [2.75, 3.05) is 31.8 Å². The van der Waals surface area contributed by atoms with Crippen molar-refractivity contribution in [3.63, 3.8) is 0 Å². The lowest BCUT2D eigenvalue weighted by atomic mass is 10.2. The Morgan fingerprint density at radius 2 is 2.00 bits per heavy atom. The van der Waals surface area contributed by atoms with Crippen molar-refractivity contribution in [3.05, 3.63) is 17.9 Å². The molecule has 176 valence electrons. The molecule has 0 bridgehead atoms. The Kier molecular flexibility index (Phi) is 7.31. The van der Waals surface area contributed by atoms with E-state index >= 15 is 0 Å². The summed E-state index contributed by atoms with van der Waals surface area (Å²) in [5.41, 5.74) is 5.15. The zero-order valence-electron chi connectivity index (χ0n) is 17.4. The van der Waals surface area contributed by atoms with E-state index in [1.807, 2.05) is 4.72 Å². The Hall–Kier alpha value is -2.77. The van der Waals surface area contributed by atoms with E-state index in [0.29, 0.717) is 18.9 Å². The number of sulfonamides is 1. The highest BCUT2D eigenvalue weighted by Crippen LogP contribution is 2.36. The maximum Gasteiger partial charge on any atom is 0.253 e. The van der Waals surface area contributed by atoms with Crippen LogP contribution in [0.25, 0.3) is 0 Å². The Morgan fingerprint density at radius 1 is 1.31 bits per heavy atom. The second-order valence-electron chi connectivity index (χ2n) is 7.50. The zero-order valence-corrected chi connectivity index (χ0v) is 18.2. The number of hydrogen-bond acceptors (Lipinski definition) is 7. The highest BCUT2D eigenvalue weighted by Gasteiger charge is 2.35. The Labute approximate surface area is 184 Å². The van der Waals surface area contributed by atoms with E-state index in [1.54, 1.807) is 0 Å². The van der Waals surface area contributed by atoms with E-state index < -0.39 is 44.5 Å². The molecule has 11 nitrogen and oxygen atoms in total. The number of nitrogens with one attached hydrogen (secondary N) is 2. The number of amides is 3. The van der Waals surface area contributed by atoms with Crippen LogP contribution in [0.3, 0.4) is 0 Å². The Morgan fingerprint density at radius 3 is 2.59 bits per heavy atom.